The second-order valence-corrected chi connectivity index (χ2v) is 6.13. The highest BCUT2D eigenvalue weighted by Gasteiger charge is 2.18. The van der Waals surface area contributed by atoms with Crippen LogP contribution in [0.3, 0.4) is 0 Å². The molecule has 0 aliphatic carbocycles. The zero-order chi connectivity index (χ0) is 16.8. The summed E-state index contributed by atoms with van der Waals surface area (Å²) < 4.78 is 0. The molecule has 1 aliphatic heterocycles. The average Bonchev–Trinajstić information content (AvgIpc) is 3.07. The second-order valence-electron chi connectivity index (χ2n) is 6.13. The molecule has 1 fully saturated rings. The first-order valence-electron chi connectivity index (χ1n) is 8.01. The zero-order valence-corrected chi connectivity index (χ0v) is 14.9. The Bertz CT molecular complexity index is 544. The minimum Gasteiger partial charge on any atom is -0.370 e. The van der Waals surface area contributed by atoms with Gasteiger partial charge in [0.05, 0.1) is 24.5 Å². The minimum atomic E-state index is -0.610. The summed E-state index contributed by atoms with van der Waals surface area (Å²) in [6.45, 7) is 5.70. The fraction of sp³-hybridized carbons (Fsp3) is 0.562. The molecule has 1 atom stereocenters. The number of nitrogens with zero attached hydrogens (tertiary/aromatic N) is 2. The van der Waals surface area contributed by atoms with E-state index in [0.717, 1.165) is 18.8 Å². The number of anilines is 2. The fourth-order valence-electron chi connectivity index (χ4n) is 2.40. The van der Waals surface area contributed by atoms with Crippen molar-refractivity contribution in [2.24, 2.45) is 11.7 Å². The lowest BCUT2D eigenvalue weighted by atomic mass is 10.1. The SMILES string of the molecule is CC(C)[C@H](N)C(=O)NCC(=O)Nc1ccc(N2CCCC2)cn1.Cl. The topological polar surface area (TPSA) is 100 Å². The van der Waals surface area contributed by atoms with Crippen LogP contribution in [0.25, 0.3) is 0 Å². The predicted molar refractivity (Wildman–Crippen MR) is 97.4 cm³/mol. The number of pyridine rings is 1. The molecule has 134 valence electrons. The van der Waals surface area contributed by atoms with Crippen LogP contribution in [0.2, 0.25) is 0 Å². The van der Waals surface area contributed by atoms with Crippen LogP contribution in [-0.2, 0) is 9.59 Å². The van der Waals surface area contributed by atoms with E-state index in [4.69, 9.17) is 5.73 Å². The van der Waals surface area contributed by atoms with Crippen molar-refractivity contribution in [1.82, 2.24) is 10.3 Å². The Morgan fingerprint density at radius 3 is 2.50 bits per heavy atom. The minimum absolute atomic E-state index is 0. The van der Waals surface area contributed by atoms with E-state index >= 15 is 0 Å². The normalized spacial score (nSPS) is 14.9. The van der Waals surface area contributed by atoms with E-state index in [1.165, 1.54) is 12.8 Å². The lowest BCUT2D eigenvalue weighted by Gasteiger charge is -2.17. The first kappa shape index (κ1) is 20.2. The van der Waals surface area contributed by atoms with Crippen LogP contribution < -0.4 is 21.3 Å². The molecule has 24 heavy (non-hydrogen) atoms. The van der Waals surface area contributed by atoms with Gasteiger partial charge in [-0.2, -0.15) is 0 Å². The lowest BCUT2D eigenvalue weighted by Crippen LogP contribution is -2.46. The van der Waals surface area contributed by atoms with Crippen molar-refractivity contribution >= 4 is 35.7 Å². The molecule has 1 aromatic heterocycles. The number of amides is 2. The van der Waals surface area contributed by atoms with E-state index in [-0.39, 0.29) is 36.7 Å². The Morgan fingerprint density at radius 1 is 1.29 bits per heavy atom. The summed E-state index contributed by atoms with van der Waals surface area (Å²) in [5.74, 6) is -0.151. The highest BCUT2D eigenvalue weighted by atomic mass is 35.5. The van der Waals surface area contributed by atoms with E-state index in [1.807, 2.05) is 19.9 Å². The summed E-state index contributed by atoms with van der Waals surface area (Å²) in [5, 5.41) is 5.19. The van der Waals surface area contributed by atoms with Crippen molar-refractivity contribution in [3.8, 4) is 0 Å². The molecule has 0 spiro atoms. The molecule has 1 aromatic rings. The van der Waals surface area contributed by atoms with Crippen LogP contribution in [0.5, 0.6) is 0 Å². The number of aromatic nitrogens is 1. The van der Waals surface area contributed by atoms with E-state index in [9.17, 15) is 9.59 Å². The Hall–Kier alpha value is -1.86. The largest absolute Gasteiger partial charge is 0.370 e. The second kappa shape index (κ2) is 9.44. The molecule has 0 bridgehead atoms. The molecule has 0 radical (unpaired) electrons. The molecule has 4 N–H and O–H groups in total. The Labute approximate surface area is 148 Å². The number of rotatable bonds is 6. The smallest absolute Gasteiger partial charge is 0.244 e. The highest BCUT2D eigenvalue weighted by molar-refractivity contribution is 5.94. The van der Waals surface area contributed by atoms with Crippen molar-refractivity contribution in [1.29, 1.82) is 0 Å². The molecule has 0 aromatic carbocycles. The lowest BCUT2D eigenvalue weighted by molar-refractivity contribution is -0.125. The molecule has 2 rings (SSSR count). The summed E-state index contributed by atoms with van der Waals surface area (Å²) in [6.07, 6.45) is 4.17. The third-order valence-electron chi connectivity index (χ3n) is 3.93. The van der Waals surface area contributed by atoms with Crippen LogP contribution in [0, 0.1) is 5.92 Å². The van der Waals surface area contributed by atoms with Gasteiger partial charge in [-0.3, -0.25) is 9.59 Å². The fourth-order valence-corrected chi connectivity index (χ4v) is 2.40. The standard InChI is InChI=1S/C16H25N5O2.ClH/c1-11(2)15(17)16(23)19-10-14(22)20-13-6-5-12(9-18-13)21-7-3-4-8-21;/h5-6,9,11,15H,3-4,7-8,10,17H2,1-2H3,(H,19,23)(H,18,20,22);1H/t15-;/m0./s1. The maximum Gasteiger partial charge on any atom is 0.244 e. The van der Waals surface area contributed by atoms with E-state index in [2.05, 4.69) is 20.5 Å². The molecule has 0 saturated carbocycles. The van der Waals surface area contributed by atoms with Gasteiger partial charge in [-0.05, 0) is 30.9 Å². The van der Waals surface area contributed by atoms with E-state index in [0.29, 0.717) is 5.82 Å². The first-order chi connectivity index (χ1) is 11.0. The van der Waals surface area contributed by atoms with Gasteiger partial charge < -0.3 is 21.3 Å². The first-order valence-corrected chi connectivity index (χ1v) is 8.01. The molecule has 8 heteroatoms. The van der Waals surface area contributed by atoms with Gasteiger partial charge in [-0.1, -0.05) is 13.8 Å². The van der Waals surface area contributed by atoms with E-state index < -0.39 is 6.04 Å². The summed E-state index contributed by atoms with van der Waals surface area (Å²) in [6, 6.07) is 3.11. The Kier molecular flexibility index (Phi) is 7.94. The number of carbonyl (C=O) groups is 2. The number of nitrogens with one attached hydrogen (secondary N) is 2. The zero-order valence-electron chi connectivity index (χ0n) is 14.1. The van der Waals surface area contributed by atoms with Crippen molar-refractivity contribution in [2.75, 3.05) is 29.9 Å². The molecule has 1 saturated heterocycles. The summed E-state index contributed by atoms with van der Waals surface area (Å²) in [5.41, 5.74) is 6.78. The third kappa shape index (κ3) is 5.65. The molecule has 1 aliphatic rings. The number of hydrogen-bond acceptors (Lipinski definition) is 5. The summed E-state index contributed by atoms with van der Waals surface area (Å²) in [7, 11) is 0. The van der Waals surface area contributed by atoms with Gasteiger partial charge in [-0.25, -0.2) is 4.98 Å². The van der Waals surface area contributed by atoms with Gasteiger partial charge in [0, 0.05) is 13.1 Å². The van der Waals surface area contributed by atoms with Gasteiger partial charge in [0.2, 0.25) is 11.8 Å². The third-order valence-corrected chi connectivity index (χ3v) is 3.93. The van der Waals surface area contributed by atoms with Crippen molar-refractivity contribution in [3.63, 3.8) is 0 Å². The van der Waals surface area contributed by atoms with Crippen molar-refractivity contribution < 1.29 is 9.59 Å². The van der Waals surface area contributed by atoms with Gasteiger partial charge in [0.25, 0.3) is 0 Å². The van der Waals surface area contributed by atoms with Crippen molar-refractivity contribution in [3.05, 3.63) is 18.3 Å². The quantitative estimate of drug-likeness (QED) is 0.710. The number of carbonyl (C=O) groups excluding carboxylic acids is 2. The van der Waals surface area contributed by atoms with Gasteiger partial charge >= 0.3 is 0 Å². The predicted octanol–water partition coefficient (Wildman–Crippen LogP) is 1.14. The van der Waals surface area contributed by atoms with Crippen LogP contribution in [0.4, 0.5) is 11.5 Å². The molecular formula is C16H26ClN5O2. The number of nitrogens with two attached hydrogens (primary N) is 1. The van der Waals surface area contributed by atoms with Crippen LogP contribution in [0.15, 0.2) is 18.3 Å². The summed E-state index contributed by atoms with van der Waals surface area (Å²) in [4.78, 5) is 30.0. The van der Waals surface area contributed by atoms with Crippen molar-refractivity contribution in [2.45, 2.75) is 32.7 Å². The van der Waals surface area contributed by atoms with Gasteiger partial charge in [0.15, 0.2) is 0 Å². The molecule has 2 amide bonds. The maximum absolute atomic E-state index is 11.8. The average molecular weight is 356 g/mol. The summed E-state index contributed by atoms with van der Waals surface area (Å²) >= 11 is 0. The van der Waals surface area contributed by atoms with Gasteiger partial charge in [-0.15, -0.1) is 12.4 Å². The van der Waals surface area contributed by atoms with E-state index in [1.54, 1.807) is 12.3 Å². The maximum atomic E-state index is 11.8. The molecular weight excluding hydrogens is 330 g/mol. The number of hydrogen-bond donors (Lipinski definition) is 3. The molecule has 2 heterocycles. The van der Waals surface area contributed by atoms with Crippen LogP contribution in [0.1, 0.15) is 26.7 Å². The van der Waals surface area contributed by atoms with Crippen LogP contribution in [-0.4, -0.2) is 42.5 Å². The number of halogens is 1. The van der Waals surface area contributed by atoms with Gasteiger partial charge in [0.1, 0.15) is 5.82 Å². The molecule has 0 unspecified atom stereocenters. The monoisotopic (exact) mass is 355 g/mol. The van der Waals surface area contributed by atoms with Crippen LogP contribution >= 0.6 is 12.4 Å². The Morgan fingerprint density at radius 2 is 1.96 bits per heavy atom. The highest BCUT2D eigenvalue weighted by Crippen LogP contribution is 2.19. The Balaban J connectivity index is 0.00000288. The molecule has 7 nitrogen and oxygen atoms in total.